The molecule has 0 N–H and O–H groups in total. The van der Waals surface area contributed by atoms with E-state index >= 15 is 0 Å². The lowest BCUT2D eigenvalue weighted by molar-refractivity contribution is -0.275. The molecule has 1 aromatic rings. The third-order valence-corrected chi connectivity index (χ3v) is 1.99. The van der Waals surface area contributed by atoms with Gasteiger partial charge in [0.1, 0.15) is 5.69 Å². The zero-order valence-corrected chi connectivity index (χ0v) is 9.30. The number of carbonyl (C=O) groups excluding carboxylic acids is 1. The van der Waals surface area contributed by atoms with Crippen molar-refractivity contribution in [3.63, 3.8) is 0 Å². The van der Waals surface area contributed by atoms with Gasteiger partial charge in [0.25, 0.3) is 0 Å². The molecule has 0 spiro atoms. The second-order valence-corrected chi connectivity index (χ2v) is 3.09. The average molecular weight is 270 g/mol. The van der Waals surface area contributed by atoms with Crippen LogP contribution < -0.4 is 9.47 Å². The Bertz CT molecular complexity index is 423. The number of ether oxygens (including phenoxy) is 2. The number of hydrogen-bond acceptors (Lipinski definition) is 4. The minimum Gasteiger partial charge on any atom is -0.494 e. The quantitative estimate of drug-likeness (QED) is 0.622. The first kappa shape index (κ1) is 13.6. The van der Waals surface area contributed by atoms with E-state index in [4.69, 9.17) is 16.3 Å². The average Bonchev–Trinajstić information content (AvgIpc) is 2.26. The lowest BCUT2D eigenvalue weighted by Crippen LogP contribution is -2.18. The van der Waals surface area contributed by atoms with Crippen LogP contribution in [0, 0.1) is 0 Å². The van der Waals surface area contributed by atoms with Gasteiger partial charge in [0.05, 0.1) is 18.7 Å². The number of rotatable bonds is 4. The molecule has 0 radical (unpaired) electrons. The smallest absolute Gasteiger partial charge is 0.494 e. The summed E-state index contributed by atoms with van der Waals surface area (Å²) in [7, 11) is 1.20. The summed E-state index contributed by atoms with van der Waals surface area (Å²) >= 11 is 5.42. The minimum atomic E-state index is -4.86. The van der Waals surface area contributed by atoms with Crippen molar-refractivity contribution >= 4 is 17.9 Å². The molecule has 1 rings (SSSR count). The lowest BCUT2D eigenvalue weighted by Gasteiger charge is -2.13. The van der Waals surface area contributed by atoms with Crippen molar-refractivity contribution in [3.05, 3.63) is 17.5 Å². The molecule has 0 aromatic carbocycles. The highest BCUT2D eigenvalue weighted by atomic mass is 35.5. The normalized spacial score (nSPS) is 11.1. The molecule has 0 saturated carbocycles. The van der Waals surface area contributed by atoms with Gasteiger partial charge in [-0.05, 0) is 0 Å². The largest absolute Gasteiger partial charge is 0.573 e. The van der Waals surface area contributed by atoms with Crippen molar-refractivity contribution in [1.82, 2.24) is 4.98 Å². The maximum Gasteiger partial charge on any atom is 0.573 e. The fourth-order valence-corrected chi connectivity index (χ4v) is 1.28. The van der Waals surface area contributed by atoms with Crippen LogP contribution in [0.4, 0.5) is 13.2 Å². The summed E-state index contributed by atoms with van der Waals surface area (Å²) in [5.41, 5.74) is -0.329. The van der Waals surface area contributed by atoms with Crippen LogP contribution in [0.5, 0.6) is 11.5 Å². The Morgan fingerprint density at radius 2 is 2.12 bits per heavy atom. The Balaban J connectivity index is 3.23. The number of carbonyl (C=O) groups is 1. The van der Waals surface area contributed by atoms with E-state index in [1.54, 1.807) is 0 Å². The molecule has 1 aromatic heterocycles. The van der Waals surface area contributed by atoms with Crippen LogP contribution in [-0.2, 0) is 5.88 Å². The molecule has 17 heavy (non-hydrogen) atoms. The summed E-state index contributed by atoms with van der Waals surface area (Å²) in [6, 6.07) is 0.919. The van der Waals surface area contributed by atoms with E-state index in [9.17, 15) is 18.0 Å². The van der Waals surface area contributed by atoms with Crippen LogP contribution in [0.15, 0.2) is 6.07 Å². The molecule has 0 aliphatic heterocycles. The van der Waals surface area contributed by atoms with Gasteiger partial charge in [-0.15, -0.1) is 24.8 Å². The van der Waals surface area contributed by atoms with Crippen LogP contribution in [0.3, 0.4) is 0 Å². The second kappa shape index (κ2) is 5.22. The minimum absolute atomic E-state index is 0.117. The van der Waals surface area contributed by atoms with Crippen molar-refractivity contribution in [2.24, 2.45) is 0 Å². The van der Waals surface area contributed by atoms with Gasteiger partial charge in [0.15, 0.2) is 17.8 Å². The van der Waals surface area contributed by atoms with Gasteiger partial charge in [-0.3, -0.25) is 4.79 Å². The van der Waals surface area contributed by atoms with E-state index in [0.29, 0.717) is 6.29 Å². The summed E-state index contributed by atoms with van der Waals surface area (Å²) in [6.45, 7) is 0. The van der Waals surface area contributed by atoms with Gasteiger partial charge in [0, 0.05) is 6.07 Å². The molecule has 0 fully saturated rings. The summed E-state index contributed by atoms with van der Waals surface area (Å²) < 4.78 is 44.6. The van der Waals surface area contributed by atoms with E-state index in [0.717, 1.165) is 6.07 Å². The summed E-state index contributed by atoms with van der Waals surface area (Å²) in [4.78, 5) is 14.2. The van der Waals surface area contributed by atoms with Crippen LogP contribution in [0.1, 0.15) is 16.2 Å². The van der Waals surface area contributed by atoms with Crippen molar-refractivity contribution in [2.45, 2.75) is 12.2 Å². The van der Waals surface area contributed by atoms with Crippen molar-refractivity contribution in [2.75, 3.05) is 7.11 Å². The van der Waals surface area contributed by atoms with Crippen LogP contribution in [0.25, 0.3) is 0 Å². The van der Waals surface area contributed by atoms with Gasteiger partial charge in [-0.1, -0.05) is 0 Å². The van der Waals surface area contributed by atoms with Crippen LogP contribution in [-0.4, -0.2) is 24.7 Å². The molecule has 94 valence electrons. The molecule has 0 aliphatic rings. The van der Waals surface area contributed by atoms with E-state index in [1.807, 2.05) is 0 Å². The first-order chi connectivity index (χ1) is 7.91. The number of halogens is 4. The van der Waals surface area contributed by atoms with Gasteiger partial charge in [-0.2, -0.15) is 0 Å². The second-order valence-electron chi connectivity index (χ2n) is 2.82. The molecule has 8 heteroatoms. The molecule has 1 heterocycles. The molecular formula is C9H7ClF3NO3. The monoisotopic (exact) mass is 269 g/mol. The molecule has 0 atom stereocenters. The summed E-state index contributed by atoms with van der Waals surface area (Å²) in [5.74, 6) is -1.03. The molecule has 0 saturated heterocycles. The first-order valence-corrected chi connectivity index (χ1v) is 4.79. The summed E-state index contributed by atoms with van der Waals surface area (Å²) in [5, 5.41) is 0. The topological polar surface area (TPSA) is 48.4 Å². The maximum atomic E-state index is 12.1. The Morgan fingerprint density at radius 1 is 1.47 bits per heavy atom. The van der Waals surface area contributed by atoms with Gasteiger partial charge < -0.3 is 9.47 Å². The predicted octanol–water partition coefficient (Wildman–Crippen LogP) is 2.54. The highest BCUT2D eigenvalue weighted by molar-refractivity contribution is 6.17. The standard InChI is InChI=1S/C9H7ClF3NO3/c1-16-7-2-8(17-9(11,12)13)5(3-10)14-6(7)4-15/h2,4H,3H2,1H3. The maximum absolute atomic E-state index is 12.1. The predicted molar refractivity (Wildman–Crippen MR) is 52.4 cm³/mol. The zero-order chi connectivity index (χ0) is 13.1. The fourth-order valence-electron chi connectivity index (χ4n) is 1.09. The number of pyridine rings is 1. The molecule has 0 aliphatic carbocycles. The summed E-state index contributed by atoms with van der Waals surface area (Å²) in [6.07, 6.45) is -4.51. The highest BCUT2D eigenvalue weighted by Crippen LogP contribution is 2.31. The highest BCUT2D eigenvalue weighted by Gasteiger charge is 2.33. The number of hydrogen-bond donors (Lipinski definition) is 0. The number of alkyl halides is 4. The first-order valence-electron chi connectivity index (χ1n) is 4.26. The third kappa shape index (κ3) is 3.48. The Kier molecular flexibility index (Phi) is 4.17. The number of nitrogens with zero attached hydrogens (tertiary/aromatic N) is 1. The molecule has 0 amide bonds. The number of methoxy groups -OCH3 is 1. The fraction of sp³-hybridized carbons (Fsp3) is 0.333. The van der Waals surface area contributed by atoms with E-state index in [2.05, 4.69) is 9.72 Å². The van der Waals surface area contributed by atoms with Gasteiger partial charge in [-0.25, -0.2) is 4.98 Å². The van der Waals surface area contributed by atoms with Gasteiger partial charge in [0.2, 0.25) is 0 Å². The molecular weight excluding hydrogens is 263 g/mol. The molecule has 4 nitrogen and oxygen atoms in total. The molecule has 0 unspecified atom stereocenters. The van der Waals surface area contributed by atoms with E-state index < -0.39 is 12.1 Å². The molecule has 0 bridgehead atoms. The van der Waals surface area contributed by atoms with Crippen LogP contribution in [0.2, 0.25) is 0 Å². The van der Waals surface area contributed by atoms with Crippen molar-refractivity contribution in [1.29, 1.82) is 0 Å². The van der Waals surface area contributed by atoms with Crippen molar-refractivity contribution < 1.29 is 27.4 Å². The Hall–Kier alpha value is -1.50. The van der Waals surface area contributed by atoms with Crippen molar-refractivity contribution in [3.8, 4) is 11.5 Å². The number of aromatic nitrogens is 1. The van der Waals surface area contributed by atoms with E-state index in [1.165, 1.54) is 7.11 Å². The SMILES string of the molecule is COc1cc(OC(F)(F)F)c(CCl)nc1C=O. The van der Waals surface area contributed by atoms with Gasteiger partial charge >= 0.3 is 6.36 Å². The lowest BCUT2D eigenvalue weighted by atomic mass is 10.2. The zero-order valence-electron chi connectivity index (χ0n) is 8.55. The third-order valence-electron chi connectivity index (χ3n) is 1.74. The van der Waals surface area contributed by atoms with Crippen LogP contribution >= 0.6 is 11.6 Å². The Morgan fingerprint density at radius 3 is 2.53 bits per heavy atom. The number of aldehydes is 1. The van der Waals surface area contributed by atoms with E-state index in [-0.39, 0.29) is 23.0 Å². The Labute approximate surface area is 99.3 Å².